The average Bonchev–Trinajstić information content (AvgIpc) is 2.28. The quantitative estimate of drug-likeness (QED) is 0.555. The summed E-state index contributed by atoms with van der Waals surface area (Å²) in [7, 11) is 0. The van der Waals surface area contributed by atoms with Crippen LogP contribution >= 0.6 is 0 Å². The topological polar surface area (TPSA) is 9.23 Å². The van der Waals surface area contributed by atoms with Crippen molar-refractivity contribution in [3.63, 3.8) is 0 Å². The predicted octanol–water partition coefficient (Wildman–Crippen LogP) is 4.22. The maximum Gasteiger partial charge on any atom is 0.0723 e. The lowest BCUT2D eigenvalue weighted by Crippen LogP contribution is -2.47. The Hall–Kier alpha value is -0.300. The summed E-state index contributed by atoms with van der Waals surface area (Å²) in [6, 6.07) is 0. The van der Waals surface area contributed by atoms with Crippen molar-refractivity contribution < 1.29 is 4.74 Å². The fourth-order valence-electron chi connectivity index (χ4n) is 4.09. The SMILES string of the molecule is C=C1CCC[C@@]2(CC[C@@H]3CCCC[C@@H]3O2)C1. The molecule has 0 unspecified atom stereocenters. The number of fused-ring (bicyclic) bond motifs is 1. The molecule has 0 aromatic heterocycles. The molecule has 0 amide bonds. The largest absolute Gasteiger partial charge is 0.371 e. The third kappa shape index (κ3) is 1.95. The summed E-state index contributed by atoms with van der Waals surface area (Å²) >= 11 is 0. The molecule has 1 heteroatoms. The molecule has 16 heavy (non-hydrogen) atoms. The monoisotopic (exact) mass is 220 g/mol. The van der Waals surface area contributed by atoms with Crippen LogP contribution in [0.15, 0.2) is 12.2 Å². The summed E-state index contributed by atoms with van der Waals surface area (Å²) < 4.78 is 6.53. The lowest BCUT2D eigenvalue weighted by atomic mass is 9.72. The normalized spacial score (nSPS) is 44.4. The maximum atomic E-state index is 6.53. The van der Waals surface area contributed by atoms with Gasteiger partial charge in [-0.05, 0) is 57.3 Å². The Bertz CT molecular complexity index is 283. The van der Waals surface area contributed by atoms with Crippen LogP contribution in [0.4, 0.5) is 0 Å². The van der Waals surface area contributed by atoms with E-state index in [2.05, 4.69) is 6.58 Å². The Morgan fingerprint density at radius 3 is 2.81 bits per heavy atom. The van der Waals surface area contributed by atoms with Gasteiger partial charge >= 0.3 is 0 Å². The average molecular weight is 220 g/mol. The molecular formula is C15H24O. The third-order valence-electron chi connectivity index (χ3n) is 4.95. The molecule has 90 valence electrons. The molecule has 0 aromatic carbocycles. The van der Waals surface area contributed by atoms with Crippen molar-refractivity contribution >= 4 is 0 Å². The highest BCUT2D eigenvalue weighted by atomic mass is 16.5. The fourth-order valence-corrected chi connectivity index (χ4v) is 4.09. The van der Waals surface area contributed by atoms with E-state index in [1.807, 2.05) is 0 Å². The number of ether oxygens (including phenoxy) is 1. The van der Waals surface area contributed by atoms with E-state index in [1.165, 1.54) is 63.4 Å². The summed E-state index contributed by atoms with van der Waals surface area (Å²) in [6.45, 7) is 4.19. The second-order valence-electron chi connectivity index (χ2n) is 6.20. The molecule has 0 aromatic rings. The van der Waals surface area contributed by atoms with Crippen LogP contribution in [0.1, 0.15) is 64.2 Å². The van der Waals surface area contributed by atoms with Crippen LogP contribution in [0.2, 0.25) is 0 Å². The summed E-state index contributed by atoms with van der Waals surface area (Å²) in [6.07, 6.45) is 13.8. The molecule has 3 fully saturated rings. The first-order valence-corrected chi connectivity index (χ1v) is 7.12. The van der Waals surface area contributed by atoms with Crippen LogP contribution in [-0.4, -0.2) is 11.7 Å². The first-order valence-electron chi connectivity index (χ1n) is 7.12. The summed E-state index contributed by atoms with van der Waals surface area (Å²) in [5.41, 5.74) is 1.65. The van der Waals surface area contributed by atoms with Crippen LogP contribution in [-0.2, 0) is 4.74 Å². The van der Waals surface area contributed by atoms with Crippen molar-refractivity contribution in [1.82, 2.24) is 0 Å². The zero-order valence-electron chi connectivity index (χ0n) is 10.3. The standard InChI is InChI=1S/C15H24O/c1-12-5-4-9-15(11-12)10-8-13-6-2-3-7-14(13)16-15/h13-14H,1-11H2/t13-,14-,15+/m0/s1. The maximum absolute atomic E-state index is 6.53. The first-order chi connectivity index (χ1) is 7.77. The molecule has 0 N–H and O–H groups in total. The second kappa shape index (κ2) is 4.18. The highest BCUT2D eigenvalue weighted by Crippen LogP contribution is 2.46. The van der Waals surface area contributed by atoms with Crippen LogP contribution in [0.3, 0.4) is 0 Å². The van der Waals surface area contributed by atoms with Gasteiger partial charge in [0.15, 0.2) is 0 Å². The van der Waals surface area contributed by atoms with Gasteiger partial charge in [0.1, 0.15) is 0 Å². The zero-order valence-corrected chi connectivity index (χ0v) is 10.3. The first kappa shape index (κ1) is 10.8. The molecule has 1 aliphatic heterocycles. The van der Waals surface area contributed by atoms with Gasteiger partial charge < -0.3 is 4.74 Å². The minimum atomic E-state index is 0.216. The molecule has 3 aliphatic rings. The molecule has 3 atom stereocenters. The van der Waals surface area contributed by atoms with Crippen molar-refractivity contribution in [1.29, 1.82) is 0 Å². The van der Waals surface area contributed by atoms with Gasteiger partial charge in [-0.2, -0.15) is 0 Å². The van der Waals surface area contributed by atoms with Gasteiger partial charge in [0.25, 0.3) is 0 Å². The Morgan fingerprint density at radius 1 is 1.06 bits per heavy atom. The van der Waals surface area contributed by atoms with Gasteiger partial charge in [-0.1, -0.05) is 25.0 Å². The number of hydrogen-bond acceptors (Lipinski definition) is 1. The Morgan fingerprint density at radius 2 is 1.94 bits per heavy atom. The van der Waals surface area contributed by atoms with Gasteiger partial charge in [-0.15, -0.1) is 0 Å². The van der Waals surface area contributed by atoms with E-state index in [0.717, 1.165) is 12.3 Å². The minimum absolute atomic E-state index is 0.216. The van der Waals surface area contributed by atoms with E-state index in [-0.39, 0.29) is 5.60 Å². The van der Waals surface area contributed by atoms with E-state index in [9.17, 15) is 0 Å². The molecule has 1 saturated heterocycles. The van der Waals surface area contributed by atoms with Crippen LogP contribution < -0.4 is 0 Å². The molecule has 1 heterocycles. The molecule has 0 radical (unpaired) electrons. The van der Waals surface area contributed by atoms with E-state index >= 15 is 0 Å². The van der Waals surface area contributed by atoms with E-state index in [4.69, 9.17) is 4.74 Å². The van der Waals surface area contributed by atoms with Crippen LogP contribution in [0, 0.1) is 5.92 Å². The van der Waals surface area contributed by atoms with Crippen molar-refractivity contribution in [2.45, 2.75) is 75.9 Å². The zero-order chi connectivity index (χ0) is 11.0. The highest BCUT2D eigenvalue weighted by molar-refractivity contribution is 5.08. The van der Waals surface area contributed by atoms with E-state index in [0.29, 0.717) is 6.10 Å². The lowest BCUT2D eigenvalue weighted by molar-refractivity contribution is -0.171. The Kier molecular flexibility index (Phi) is 2.83. The smallest absolute Gasteiger partial charge is 0.0723 e. The van der Waals surface area contributed by atoms with E-state index in [1.54, 1.807) is 0 Å². The van der Waals surface area contributed by atoms with Gasteiger partial charge in [0, 0.05) is 0 Å². The van der Waals surface area contributed by atoms with Gasteiger partial charge in [-0.25, -0.2) is 0 Å². The highest BCUT2D eigenvalue weighted by Gasteiger charge is 2.43. The Balaban J connectivity index is 1.71. The lowest BCUT2D eigenvalue weighted by Gasteiger charge is -2.49. The van der Waals surface area contributed by atoms with Gasteiger partial charge in [-0.3, -0.25) is 0 Å². The number of rotatable bonds is 0. The predicted molar refractivity (Wildman–Crippen MR) is 66.4 cm³/mol. The Labute approximate surface area is 99.3 Å². The molecule has 0 bridgehead atoms. The molecule has 1 nitrogen and oxygen atoms in total. The van der Waals surface area contributed by atoms with Gasteiger partial charge in [0.05, 0.1) is 11.7 Å². The third-order valence-corrected chi connectivity index (χ3v) is 4.95. The molecule has 3 rings (SSSR count). The molecule has 2 saturated carbocycles. The second-order valence-corrected chi connectivity index (χ2v) is 6.20. The van der Waals surface area contributed by atoms with Crippen molar-refractivity contribution in [3.05, 3.63) is 12.2 Å². The fraction of sp³-hybridized carbons (Fsp3) is 0.867. The van der Waals surface area contributed by atoms with Crippen molar-refractivity contribution in [2.24, 2.45) is 5.92 Å². The van der Waals surface area contributed by atoms with Crippen molar-refractivity contribution in [2.75, 3.05) is 0 Å². The number of hydrogen-bond donors (Lipinski definition) is 0. The summed E-state index contributed by atoms with van der Waals surface area (Å²) in [5.74, 6) is 0.884. The van der Waals surface area contributed by atoms with Crippen molar-refractivity contribution in [3.8, 4) is 0 Å². The molecule has 1 spiro atoms. The van der Waals surface area contributed by atoms with Crippen LogP contribution in [0.25, 0.3) is 0 Å². The van der Waals surface area contributed by atoms with Gasteiger partial charge in [0.2, 0.25) is 0 Å². The van der Waals surface area contributed by atoms with E-state index < -0.39 is 0 Å². The van der Waals surface area contributed by atoms with Crippen LogP contribution in [0.5, 0.6) is 0 Å². The summed E-state index contributed by atoms with van der Waals surface area (Å²) in [5, 5.41) is 0. The summed E-state index contributed by atoms with van der Waals surface area (Å²) in [4.78, 5) is 0. The minimum Gasteiger partial charge on any atom is -0.371 e. The molecule has 2 aliphatic carbocycles. The molecular weight excluding hydrogens is 196 g/mol.